The van der Waals surface area contributed by atoms with E-state index in [-0.39, 0.29) is 0 Å². The highest BCUT2D eigenvalue weighted by Crippen LogP contribution is 2.33. The summed E-state index contributed by atoms with van der Waals surface area (Å²) >= 11 is 0. The first kappa shape index (κ1) is 21.1. The SMILES string of the molecule is CCOC(=O)c1[nH]nnc1CN(Cc1ccccc1)c1ccc(C2CCCCC2)cc1. The Hall–Kier alpha value is -3.15. The number of hydrogen-bond donors (Lipinski definition) is 1. The molecule has 0 aliphatic heterocycles. The number of ether oxygens (including phenoxy) is 1. The first-order valence-electron chi connectivity index (χ1n) is 11.2. The van der Waals surface area contributed by atoms with E-state index in [2.05, 4.69) is 56.7 Å². The van der Waals surface area contributed by atoms with Crippen molar-refractivity contribution in [2.45, 2.75) is 58.0 Å². The summed E-state index contributed by atoms with van der Waals surface area (Å²) < 4.78 is 5.15. The average Bonchev–Trinajstić information content (AvgIpc) is 3.29. The number of benzene rings is 2. The summed E-state index contributed by atoms with van der Waals surface area (Å²) in [4.78, 5) is 14.5. The molecule has 31 heavy (non-hydrogen) atoms. The quantitative estimate of drug-likeness (QED) is 0.507. The highest BCUT2D eigenvalue weighted by atomic mass is 16.5. The van der Waals surface area contributed by atoms with Gasteiger partial charge in [-0.05, 0) is 48.9 Å². The van der Waals surface area contributed by atoms with Gasteiger partial charge in [0.05, 0.1) is 13.2 Å². The van der Waals surface area contributed by atoms with Gasteiger partial charge in [0.15, 0.2) is 5.69 Å². The van der Waals surface area contributed by atoms with E-state index in [1.54, 1.807) is 6.92 Å². The molecule has 162 valence electrons. The van der Waals surface area contributed by atoms with Crippen molar-refractivity contribution in [3.8, 4) is 0 Å². The maximum absolute atomic E-state index is 12.3. The highest BCUT2D eigenvalue weighted by molar-refractivity contribution is 5.88. The number of rotatable bonds is 8. The maximum atomic E-state index is 12.3. The Balaban J connectivity index is 1.57. The van der Waals surface area contributed by atoms with Gasteiger partial charge in [-0.2, -0.15) is 0 Å². The van der Waals surface area contributed by atoms with Gasteiger partial charge in [0.2, 0.25) is 0 Å². The van der Waals surface area contributed by atoms with Crippen LogP contribution in [0, 0.1) is 0 Å². The number of aromatic amines is 1. The van der Waals surface area contributed by atoms with Crippen LogP contribution in [-0.4, -0.2) is 28.0 Å². The molecular formula is C25H30N4O2. The molecule has 2 aromatic carbocycles. The molecule has 0 radical (unpaired) electrons. The van der Waals surface area contributed by atoms with Crippen molar-refractivity contribution in [1.29, 1.82) is 0 Å². The van der Waals surface area contributed by atoms with Crippen LogP contribution in [0.5, 0.6) is 0 Å². The van der Waals surface area contributed by atoms with Crippen LogP contribution in [-0.2, 0) is 17.8 Å². The average molecular weight is 419 g/mol. The number of nitrogens with one attached hydrogen (secondary N) is 1. The molecule has 3 aromatic rings. The maximum Gasteiger partial charge on any atom is 0.358 e. The molecule has 1 fully saturated rings. The van der Waals surface area contributed by atoms with E-state index in [0.717, 1.165) is 5.69 Å². The lowest BCUT2D eigenvalue weighted by Gasteiger charge is -2.26. The van der Waals surface area contributed by atoms with Crippen LogP contribution in [0.1, 0.15) is 72.3 Å². The normalized spacial score (nSPS) is 14.4. The molecule has 0 amide bonds. The van der Waals surface area contributed by atoms with Gasteiger partial charge in [-0.3, -0.25) is 5.10 Å². The van der Waals surface area contributed by atoms with Crippen molar-refractivity contribution < 1.29 is 9.53 Å². The summed E-state index contributed by atoms with van der Waals surface area (Å²) in [6, 6.07) is 19.2. The van der Waals surface area contributed by atoms with E-state index in [1.165, 1.54) is 43.2 Å². The minimum atomic E-state index is -0.421. The summed E-state index contributed by atoms with van der Waals surface area (Å²) in [5, 5.41) is 10.7. The molecule has 1 aliphatic rings. The lowest BCUT2D eigenvalue weighted by molar-refractivity contribution is 0.0518. The van der Waals surface area contributed by atoms with Crippen LogP contribution in [0.3, 0.4) is 0 Å². The van der Waals surface area contributed by atoms with Crippen molar-refractivity contribution in [2.75, 3.05) is 11.5 Å². The number of H-pyrrole nitrogens is 1. The molecule has 0 atom stereocenters. The van der Waals surface area contributed by atoms with E-state index in [9.17, 15) is 4.79 Å². The Kier molecular flexibility index (Phi) is 6.97. The number of aromatic nitrogens is 3. The van der Waals surface area contributed by atoms with Crippen LogP contribution in [0.4, 0.5) is 5.69 Å². The third-order valence-corrected chi connectivity index (χ3v) is 5.99. The minimum absolute atomic E-state index is 0.313. The van der Waals surface area contributed by atoms with Gasteiger partial charge in [-0.15, -0.1) is 5.10 Å². The Bertz CT molecular complexity index is 963. The van der Waals surface area contributed by atoms with Crippen LogP contribution in [0.2, 0.25) is 0 Å². The number of nitrogens with zero attached hydrogens (tertiary/aromatic N) is 3. The molecule has 0 saturated heterocycles. The van der Waals surface area contributed by atoms with Gasteiger partial charge >= 0.3 is 5.97 Å². The van der Waals surface area contributed by atoms with Crippen LogP contribution in [0.15, 0.2) is 54.6 Å². The lowest BCUT2D eigenvalue weighted by atomic mass is 9.84. The predicted octanol–water partition coefficient (Wildman–Crippen LogP) is 5.24. The van der Waals surface area contributed by atoms with Gasteiger partial charge in [0.25, 0.3) is 0 Å². The molecule has 6 nitrogen and oxygen atoms in total. The predicted molar refractivity (Wildman–Crippen MR) is 121 cm³/mol. The molecule has 1 aliphatic carbocycles. The second-order valence-electron chi connectivity index (χ2n) is 8.12. The molecule has 6 heteroatoms. The molecule has 1 N–H and O–H groups in total. The Labute approximate surface area is 183 Å². The molecule has 1 saturated carbocycles. The van der Waals surface area contributed by atoms with Crippen molar-refractivity contribution in [1.82, 2.24) is 15.4 Å². The first-order chi connectivity index (χ1) is 15.2. The van der Waals surface area contributed by atoms with E-state index in [0.29, 0.717) is 37.0 Å². The smallest absolute Gasteiger partial charge is 0.358 e. The minimum Gasteiger partial charge on any atom is -0.461 e. The number of esters is 1. The fourth-order valence-corrected chi connectivity index (χ4v) is 4.34. The standard InChI is InChI=1S/C25H30N4O2/c1-2-31-25(30)24-23(26-28-27-24)18-29(17-19-9-5-3-6-10-19)22-15-13-21(14-16-22)20-11-7-4-8-12-20/h3,5-6,9-10,13-16,20H,2,4,7-8,11-12,17-18H2,1H3,(H,26,27,28). The third kappa shape index (κ3) is 5.32. The van der Waals surface area contributed by atoms with Gasteiger partial charge in [-0.1, -0.05) is 66.9 Å². The van der Waals surface area contributed by atoms with Gasteiger partial charge in [0, 0.05) is 12.2 Å². The molecule has 0 spiro atoms. The molecule has 0 unspecified atom stereocenters. The van der Waals surface area contributed by atoms with Crippen LogP contribution in [0.25, 0.3) is 0 Å². The van der Waals surface area contributed by atoms with E-state index < -0.39 is 5.97 Å². The fraction of sp³-hybridized carbons (Fsp3) is 0.400. The van der Waals surface area contributed by atoms with E-state index in [1.807, 2.05) is 18.2 Å². The lowest BCUT2D eigenvalue weighted by Crippen LogP contribution is -2.24. The number of hydrogen-bond acceptors (Lipinski definition) is 5. The second-order valence-corrected chi connectivity index (χ2v) is 8.12. The summed E-state index contributed by atoms with van der Waals surface area (Å²) in [5.74, 6) is 0.256. The second kappa shape index (κ2) is 10.2. The first-order valence-corrected chi connectivity index (χ1v) is 11.2. The number of anilines is 1. The monoisotopic (exact) mass is 418 g/mol. The Morgan fingerprint density at radius 3 is 2.48 bits per heavy atom. The molecule has 4 rings (SSSR count). The van der Waals surface area contributed by atoms with Gasteiger partial charge in [0.1, 0.15) is 5.69 Å². The van der Waals surface area contributed by atoms with Crippen molar-refractivity contribution in [3.05, 3.63) is 77.1 Å². The van der Waals surface area contributed by atoms with Crippen molar-refractivity contribution in [2.24, 2.45) is 0 Å². The summed E-state index contributed by atoms with van der Waals surface area (Å²) in [7, 11) is 0. The van der Waals surface area contributed by atoms with Crippen LogP contribution >= 0.6 is 0 Å². The van der Waals surface area contributed by atoms with Gasteiger partial charge < -0.3 is 9.64 Å². The number of carbonyl (C=O) groups excluding carboxylic acids is 1. The zero-order valence-corrected chi connectivity index (χ0v) is 18.1. The van der Waals surface area contributed by atoms with Crippen molar-refractivity contribution >= 4 is 11.7 Å². The molecule has 1 heterocycles. The largest absolute Gasteiger partial charge is 0.461 e. The molecule has 0 bridgehead atoms. The van der Waals surface area contributed by atoms with E-state index in [4.69, 9.17) is 4.74 Å². The van der Waals surface area contributed by atoms with Crippen LogP contribution < -0.4 is 4.90 Å². The van der Waals surface area contributed by atoms with Crippen molar-refractivity contribution in [3.63, 3.8) is 0 Å². The Morgan fingerprint density at radius 2 is 1.77 bits per heavy atom. The summed E-state index contributed by atoms with van der Waals surface area (Å²) in [6.07, 6.45) is 6.59. The third-order valence-electron chi connectivity index (χ3n) is 5.99. The topological polar surface area (TPSA) is 71.1 Å². The highest BCUT2D eigenvalue weighted by Gasteiger charge is 2.21. The zero-order chi connectivity index (χ0) is 21.5. The summed E-state index contributed by atoms with van der Waals surface area (Å²) in [5.41, 5.74) is 4.63. The van der Waals surface area contributed by atoms with E-state index >= 15 is 0 Å². The zero-order valence-electron chi connectivity index (χ0n) is 18.1. The molecular weight excluding hydrogens is 388 g/mol. The summed E-state index contributed by atoms with van der Waals surface area (Å²) in [6.45, 7) is 3.27. The molecule has 1 aromatic heterocycles. The number of carbonyl (C=O) groups is 1. The fourth-order valence-electron chi connectivity index (χ4n) is 4.34. The van der Waals surface area contributed by atoms with Gasteiger partial charge in [-0.25, -0.2) is 4.79 Å². The Morgan fingerprint density at radius 1 is 1.03 bits per heavy atom.